The minimum absolute atomic E-state index is 0.0501. The van der Waals surface area contributed by atoms with Gasteiger partial charge in [-0.25, -0.2) is 0 Å². The summed E-state index contributed by atoms with van der Waals surface area (Å²) in [7, 11) is 0. The van der Waals surface area contributed by atoms with Crippen molar-refractivity contribution in [2.75, 3.05) is 0 Å². The van der Waals surface area contributed by atoms with Gasteiger partial charge in [-0.15, -0.1) is 11.3 Å². The maximum absolute atomic E-state index is 11.1. The Morgan fingerprint density at radius 1 is 1.42 bits per heavy atom. The third-order valence-corrected chi connectivity index (χ3v) is 6.45. The number of carbonyl (C=O) groups is 1. The number of thiophene rings is 1. The molecule has 1 aromatic rings. The second-order valence-corrected chi connectivity index (χ2v) is 8.26. The smallest absolute Gasteiger partial charge is 0.303 e. The quantitative estimate of drug-likeness (QED) is 0.799. The zero-order valence-electron chi connectivity index (χ0n) is 11.4. The number of halogens is 1. The molecule has 0 bridgehead atoms. The molecular formula is C15H21BrO2S. The maximum Gasteiger partial charge on any atom is 0.303 e. The first-order valence-electron chi connectivity index (χ1n) is 6.97. The molecule has 0 saturated heterocycles. The molecule has 0 spiro atoms. The van der Waals surface area contributed by atoms with Gasteiger partial charge in [-0.3, -0.25) is 4.79 Å². The second-order valence-electron chi connectivity index (χ2n) is 5.80. The Balaban J connectivity index is 2.01. The average Bonchev–Trinajstić information content (AvgIpc) is 2.67. The molecule has 0 radical (unpaired) electrons. The third kappa shape index (κ3) is 4.06. The predicted molar refractivity (Wildman–Crippen MR) is 82.8 cm³/mol. The summed E-state index contributed by atoms with van der Waals surface area (Å²) in [5.41, 5.74) is 1.34. The number of rotatable bonds is 5. The van der Waals surface area contributed by atoms with Gasteiger partial charge in [0, 0.05) is 4.88 Å². The van der Waals surface area contributed by atoms with Crippen LogP contribution in [0.3, 0.4) is 0 Å². The van der Waals surface area contributed by atoms with Crippen LogP contribution in [-0.2, 0) is 11.2 Å². The lowest BCUT2D eigenvalue weighted by molar-refractivity contribution is -0.140. The van der Waals surface area contributed by atoms with E-state index in [0.29, 0.717) is 6.42 Å². The fourth-order valence-corrected chi connectivity index (χ4v) is 4.80. The minimum Gasteiger partial charge on any atom is -0.481 e. The lowest BCUT2D eigenvalue weighted by Crippen LogP contribution is -2.28. The van der Waals surface area contributed by atoms with Crippen molar-refractivity contribution in [3.8, 4) is 0 Å². The molecule has 1 saturated carbocycles. The molecule has 1 fully saturated rings. The monoisotopic (exact) mass is 344 g/mol. The number of aliphatic carboxylic acids is 1. The number of carboxylic acid groups (broad SMARTS) is 1. The van der Waals surface area contributed by atoms with Crippen LogP contribution in [0.5, 0.6) is 0 Å². The van der Waals surface area contributed by atoms with Gasteiger partial charge in [0.1, 0.15) is 0 Å². The van der Waals surface area contributed by atoms with Gasteiger partial charge >= 0.3 is 5.97 Å². The largest absolute Gasteiger partial charge is 0.481 e. The van der Waals surface area contributed by atoms with Crippen molar-refractivity contribution in [1.82, 2.24) is 0 Å². The Bertz CT molecular complexity index is 427. The van der Waals surface area contributed by atoms with E-state index in [9.17, 15) is 9.90 Å². The van der Waals surface area contributed by atoms with Gasteiger partial charge < -0.3 is 5.11 Å². The summed E-state index contributed by atoms with van der Waals surface area (Å²) >= 11 is 5.35. The first-order valence-corrected chi connectivity index (χ1v) is 8.58. The molecule has 0 aliphatic heterocycles. The molecule has 106 valence electrons. The van der Waals surface area contributed by atoms with E-state index in [0.717, 1.165) is 25.7 Å². The summed E-state index contributed by atoms with van der Waals surface area (Å²) in [5, 5.41) is 9.17. The molecule has 1 aromatic heterocycles. The van der Waals surface area contributed by atoms with Crippen LogP contribution in [0, 0.1) is 12.3 Å². The topological polar surface area (TPSA) is 37.3 Å². The Morgan fingerprint density at radius 3 is 2.63 bits per heavy atom. The van der Waals surface area contributed by atoms with Crippen LogP contribution in [0.4, 0.5) is 0 Å². The highest BCUT2D eigenvalue weighted by Gasteiger charge is 2.34. The first kappa shape index (κ1) is 15.0. The molecule has 0 unspecified atom stereocenters. The Hall–Kier alpha value is -0.350. The zero-order chi connectivity index (χ0) is 13.9. The van der Waals surface area contributed by atoms with Crippen LogP contribution in [0.2, 0.25) is 0 Å². The minimum atomic E-state index is -0.634. The van der Waals surface area contributed by atoms with Crippen molar-refractivity contribution in [3.63, 3.8) is 0 Å². The number of hydrogen-bond acceptors (Lipinski definition) is 2. The standard InChI is InChI=1S/C15H21BrO2S/c1-11-9-12(19-14(11)16)5-8-15(10-13(17)18)6-3-2-4-7-15/h9H,2-8,10H2,1H3,(H,17,18). The van der Waals surface area contributed by atoms with Crippen molar-refractivity contribution in [3.05, 3.63) is 20.3 Å². The van der Waals surface area contributed by atoms with E-state index in [1.165, 1.54) is 33.5 Å². The van der Waals surface area contributed by atoms with Crippen LogP contribution in [0.1, 0.15) is 55.4 Å². The normalized spacial score (nSPS) is 18.4. The lowest BCUT2D eigenvalue weighted by Gasteiger charge is -2.36. The van der Waals surface area contributed by atoms with Gasteiger partial charge in [0.05, 0.1) is 10.2 Å². The van der Waals surface area contributed by atoms with E-state index >= 15 is 0 Å². The molecule has 1 heterocycles. The van der Waals surface area contributed by atoms with Crippen molar-refractivity contribution in [2.24, 2.45) is 5.41 Å². The maximum atomic E-state index is 11.1. The number of hydrogen-bond donors (Lipinski definition) is 1. The highest BCUT2D eigenvalue weighted by atomic mass is 79.9. The summed E-state index contributed by atoms with van der Waals surface area (Å²) < 4.78 is 1.21. The van der Waals surface area contributed by atoms with Gasteiger partial charge in [0.15, 0.2) is 0 Å². The van der Waals surface area contributed by atoms with E-state index < -0.39 is 5.97 Å². The molecule has 0 atom stereocenters. The summed E-state index contributed by atoms with van der Waals surface area (Å²) in [6, 6.07) is 2.23. The SMILES string of the molecule is Cc1cc(CCC2(CC(=O)O)CCCCC2)sc1Br. The molecular weight excluding hydrogens is 324 g/mol. The van der Waals surface area contributed by atoms with Crippen LogP contribution in [0.25, 0.3) is 0 Å². The Kier molecular flexibility index (Phi) is 5.07. The third-order valence-electron chi connectivity index (χ3n) is 4.25. The Labute approximate surface area is 127 Å². The van der Waals surface area contributed by atoms with E-state index in [1.54, 1.807) is 11.3 Å². The molecule has 1 N–H and O–H groups in total. The van der Waals surface area contributed by atoms with Crippen molar-refractivity contribution >= 4 is 33.2 Å². The summed E-state index contributed by atoms with van der Waals surface area (Å²) in [6.07, 6.45) is 8.22. The van der Waals surface area contributed by atoms with Gasteiger partial charge in [-0.05, 0) is 65.6 Å². The van der Waals surface area contributed by atoms with Crippen molar-refractivity contribution < 1.29 is 9.90 Å². The summed E-state index contributed by atoms with van der Waals surface area (Å²) in [5.74, 6) is -0.634. The van der Waals surface area contributed by atoms with Crippen LogP contribution >= 0.6 is 27.3 Å². The Morgan fingerprint density at radius 2 is 2.11 bits per heavy atom. The van der Waals surface area contributed by atoms with Crippen molar-refractivity contribution in [2.45, 2.75) is 58.3 Å². The van der Waals surface area contributed by atoms with Gasteiger partial charge in [-0.2, -0.15) is 0 Å². The fourth-order valence-electron chi connectivity index (χ4n) is 3.17. The molecule has 2 rings (SSSR count). The molecule has 0 amide bonds. The molecule has 1 aliphatic rings. The van der Waals surface area contributed by atoms with E-state index in [-0.39, 0.29) is 5.41 Å². The van der Waals surface area contributed by atoms with Crippen LogP contribution < -0.4 is 0 Å². The second kappa shape index (κ2) is 6.40. The van der Waals surface area contributed by atoms with Crippen molar-refractivity contribution in [1.29, 1.82) is 0 Å². The molecule has 1 aliphatic carbocycles. The fraction of sp³-hybridized carbons (Fsp3) is 0.667. The van der Waals surface area contributed by atoms with Gasteiger partial charge in [0.25, 0.3) is 0 Å². The summed E-state index contributed by atoms with van der Waals surface area (Å²) in [6.45, 7) is 2.11. The highest BCUT2D eigenvalue weighted by Crippen LogP contribution is 2.43. The van der Waals surface area contributed by atoms with E-state index in [4.69, 9.17) is 0 Å². The van der Waals surface area contributed by atoms with Gasteiger partial charge in [0.2, 0.25) is 0 Å². The first-order chi connectivity index (χ1) is 9.01. The van der Waals surface area contributed by atoms with Crippen LogP contribution in [0.15, 0.2) is 9.85 Å². The van der Waals surface area contributed by atoms with E-state index in [2.05, 4.69) is 28.9 Å². The number of carboxylic acids is 1. The summed E-state index contributed by atoms with van der Waals surface area (Å²) in [4.78, 5) is 12.5. The lowest BCUT2D eigenvalue weighted by atomic mass is 9.69. The number of aryl methyl sites for hydroxylation is 2. The molecule has 0 aromatic carbocycles. The zero-order valence-corrected chi connectivity index (χ0v) is 13.8. The average molecular weight is 345 g/mol. The van der Waals surface area contributed by atoms with Crippen LogP contribution in [-0.4, -0.2) is 11.1 Å². The van der Waals surface area contributed by atoms with E-state index in [1.807, 2.05) is 0 Å². The van der Waals surface area contributed by atoms with Gasteiger partial charge in [-0.1, -0.05) is 19.3 Å². The molecule has 4 heteroatoms. The molecule has 19 heavy (non-hydrogen) atoms. The molecule has 2 nitrogen and oxygen atoms in total. The predicted octanol–water partition coefficient (Wildman–Crippen LogP) is 5.18. The highest BCUT2D eigenvalue weighted by molar-refractivity contribution is 9.11.